The van der Waals surface area contributed by atoms with E-state index in [0.29, 0.717) is 5.92 Å². The van der Waals surface area contributed by atoms with Crippen LogP contribution in [0, 0.1) is 5.92 Å². The Kier molecular flexibility index (Phi) is 5.64. The van der Waals surface area contributed by atoms with Crippen molar-refractivity contribution in [2.75, 3.05) is 13.1 Å². The zero-order chi connectivity index (χ0) is 12.0. The highest BCUT2D eigenvalue weighted by molar-refractivity contribution is 5.74. The van der Waals surface area contributed by atoms with Gasteiger partial charge in [0.25, 0.3) is 0 Å². The smallest absolute Gasteiger partial charge is 0.317 e. The molecule has 0 bridgehead atoms. The molecule has 1 saturated heterocycles. The molecule has 1 aliphatic heterocycles. The SMILES string of the molecule is CCC(C)C(C)NC(=O)N1CCCCCC1. The highest BCUT2D eigenvalue weighted by Gasteiger charge is 2.18. The Morgan fingerprint density at radius 2 is 1.75 bits per heavy atom. The average molecular weight is 226 g/mol. The Balaban J connectivity index is 2.37. The van der Waals surface area contributed by atoms with E-state index in [1.54, 1.807) is 0 Å². The first kappa shape index (κ1) is 13.3. The van der Waals surface area contributed by atoms with Crippen molar-refractivity contribution in [2.45, 2.75) is 58.9 Å². The van der Waals surface area contributed by atoms with Gasteiger partial charge in [0.05, 0.1) is 0 Å². The van der Waals surface area contributed by atoms with Gasteiger partial charge in [-0.15, -0.1) is 0 Å². The van der Waals surface area contributed by atoms with E-state index in [2.05, 4.69) is 26.1 Å². The summed E-state index contributed by atoms with van der Waals surface area (Å²) in [4.78, 5) is 14.0. The van der Waals surface area contributed by atoms with Gasteiger partial charge in [-0.1, -0.05) is 33.1 Å². The Morgan fingerprint density at radius 1 is 1.19 bits per heavy atom. The van der Waals surface area contributed by atoms with E-state index in [-0.39, 0.29) is 12.1 Å². The van der Waals surface area contributed by atoms with Gasteiger partial charge in [-0.2, -0.15) is 0 Å². The topological polar surface area (TPSA) is 32.3 Å². The Bertz CT molecular complexity index is 210. The zero-order valence-corrected chi connectivity index (χ0v) is 11.0. The van der Waals surface area contributed by atoms with E-state index in [1.807, 2.05) is 4.90 Å². The molecule has 3 heteroatoms. The summed E-state index contributed by atoms with van der Waals surface area (Å²) in [6.07, 6.45) is 5.97. The number of carbonyl (C=O) groups excluding carboxylic acids is 1. The molecule has 1 fully saturated rings. The molecule has 1 N–H and O–H groups in total. The van der Waals surface area contributed by atoms with Gasteiger partial charge < -0.3 is 10.2 Å². The molecule has 0 aromatic rings. The van der Waals surface area contributed by atoms with Gasteiger partial charge in [0.1, 0.15) is 0 Å². The number of urea groups is 1. The van der Waals surface area contributed by atoms with Crippen LogP contribution in [0.25, 0.3) is 0 Å². The molecule has 3 nitrogen and oxygen atoms in total. The maximum atomic E-state index is 12.0. The molecule has 1 aliphatic rings. The number of amides is 2. The number of hydrogen-bond donors (Lipinski definition) is 1. The number of likely N-dealkylation sites (tertiary alicyclic amines) is 1. The van der Waals surface area contributed by atoms with Crippen molar-refractivity contribution in [1.29, 1.82) is 0 Å². The summed E-state index contributed by atoms with van der Waals surface area (Å²) in [7, 11) is 0. The molecule has 0 aliphatic carbocycles. The minimum absolute atomic E-state index is 0.134. The third-order valence-corrected chi connectivity index (χ3v) is 3.74. The fraction of sp³-hybridized carbons (Fsp3) is 0.923. The van der Waals surface area contributed by atoms with Crippen molar-refractivity contribution < 1.29 is 4.79 Å². The zero-order valence-electron chi connectivity index (χ0n) is 11.0. The molecule has 2 amide bonds. The predicted molar refractivity (Wildman–Crippen MR) is 67.5 cm³/mol. The summed E-state index contributed by atoms with van der Waals surface area (Å²) in [6.45, 7) is 8.31. The fourth-order valence-electron chi connectivity index (χ4n) is 2.06. The van der Waals surface area contributed by atoms with E-state index in [0.717, 1.165) is 32.4 Å². The van der Waals surface area contributed by atoms with E-state index in [1.165, 1.54) is 12.8 Å². The molecule has 94 valence electrons. The summed E-state index contributed by atoms with van der Waals surface area (Å²) in [6, 6.07) is 0.412. The third kappa shape index (κ3) is 4.03. The van der Waals surface area contributed by atoms with Crippen molar-refractivity contribution in [2.24, 2.45) is 5.92 Å². The standard InChI is InChI=1S/C13H26N2O/c1-4-11(2)12(3)14-13(16)15-9-7-5-6-8-10-15/h11-12H,4-10H2,1-3H3,(H,14,16). The van der Waals surface area contributed by atoms with Crippen molar-refractivity contribution in [3.05, 3.63) is 0 Å². The van der Waals surface area contributed by atoms with Gasteiger partial charge in [-0.3, -0.25) is 0 Å². The lowest BCUT2D eigenvalue weighted by Gasteiger charge is -2.26. The van der Waals surface area contributed by atoms with Gasteiger partial charge in [-0.05, 0) is 25.7 Å². The van der Waals surface area contributed by atoms with Crippen LogP contribution >= 0.6 is 0 Å². The van der Waals surface area contributed by atoms with Gasteiger partial charge in [-0.25, -0.2) is 4.79 Å². The third-order valence-electron chi connectivity index (χ3n) is 3.74. The molecule has 1 heterocycles. The second kappa shape index (κ2) is 6.77. The molecule has 1 rings (SSSR count). The Labute approximate surface area is 99.6 Å². The monoisotopic (exact) mass is 226 g/mol. The van der Waals surface area contributed by atoms with Gasteiger partial charge in [0.2, 0.25) is 0 Å². The fourth-order valence-corrected chi connectivity index (χ4v) is 2.06. The second-order valence-electron chi connectivity index (χ2n) is 5.02. The van der Waals surface area contributed by atoms with Gasteiger partial charge in [0, 0.05) is 19.1 Å². The molecule has 0 saturated carbocycles. The second-order valence-corrected chi connectivity index (χ2v) is 5.02. The first-order valence-corrected chi connectivity index (χ1v) is 6.70. The predicted octanol–water partition coefficient (Wildman–Crippen LogP) is 3.01. The normalized spacial score (nSPS) is 21.1. The molecule has 2 unspecified atom stereocenters. The number of hydrogen-bond acceptors (Lipinski definition) is 1. The van der Waals surface area contributed by atoms with Crippen LogP contribution < -0.4 is 5.32 Å². The molecule has 0 radical (unpaired) electrons. The minimum atomic E-state index is 0.134. The van der Waals surface area contributed by atoms with Crippen molar-refractivity contribution in [3.8, 4) is 0 Å². The Hall–Kier alpha value is -0.730. The van der Waals surface area contributed by atoms with E-state index in [9.17, 15) is 4.79 Å². The minimum Gasteiger partial charge on any atom is -0.335 e. The average Bonchev–Trinajstić information content (AvgIpc) is 2.56. The number of rotatable bonds is 3. The Morgan fingerprint density at radius 3 is 2.25 bits per heavy atom. The van der Waals surface area contributed by atoms with Crippen LogP contribution in [0.1, 0.15) is 52.9 Å². The summed E-state index contributed by atoms with van der Waals surface area (Å²) in [5.41, 5.74) is 0. The van der Waals surface area contributed by atoms with Crippen LogP contribution in [0.15, 0.2) is 0 Å². The van der Waals surface area contributed by atoms with Crippen LogP contribution in [0.4, 0.5) is 4.79 Å². The van der Waals surface area contributed by atoms with Crippen LogP contribution in [0.5, 0.6) is 0 Å². The van der Waals surface area contributed by atoms with Crippen molar-refractivity contribution in [1.82, 2.24) is 10.2 Å². The quantitative estimate of drug-likeness (QED) is 0.788. The van der Waals surface area contributed by atoms with Crippen LogP contribution in [-0.4, -0.2) is 30.1 Å². The maximum Gasteiger partial charge on any atom is 0.317 e. The number of carbonyl (C=O) groups is 1. The van der Waals surface area contributed by atoms with Crippen LogP contribution in [-0.2, 0) is 0 Å². The molecular weight excluding hydrogens is 200 g/mol. The van der Waals surface area contributed by atoms with E-state index in [4.69, 9.17) is 0 Å². The lowest BCUT2D eigenvalue weighted by atomic mass is 10.0. The van der Waals surface area contributed by atoms with Crippen molar-refractivity contribution in [3.63, 3.8) is 0 Å². The summed E-state index contributed by atoms with van der Waals surface area (Å²) in [5, 5.41) is 3.12. The molecule has 0 aromatic heterocycles. The highest BCUT2D eigenvalue weighted by atomic mass is 16.2. The van der Waals surface area contributed by atoms with Crippen molar-refractivity contribution >= 4 is 6.03 Å². The summed E-state index contributed by atoms with van der Waals surface area (Å²) >= 11 is 0. The molecule has 2 atom stereocenters. The summed E-state index contributed by atoms with van der Waals surface area (Å²) in [5.74, 6) is 0.552. The number of nitrogens with zero attached hydrogens (tertiary/aromatic N) is 1. The first-order valence-electron chi connectivity index (χ1n) is 6.70. The molecule has 0 aromatic carbocycles. The highest BCUT2D eigenvalue weighted by Crippen LogP contribution is 2.11. The summed E-state index contributed by atoms with van der Waals surface area (Å²) < 4.78 is 0. The van der Waals surface area contributed by atoms with Gasteiger partial charge >= 0.3 is 6.03 Å². The molecule has 16 heavy (non-hydrogen) atoms. The van der Waals surface area contributed by atoms with E-state index < -0.39 is 0 Å². The van der Waals surface area contributed by atoms with Gasteiger partial charge in [0.15, 0.2) is 0 Å². The van der Waals surface area contributed by atoms with E-state index >= 15 is 0 Å². The first-order chi connectivity index (χ1) is 7.65. The number of nitrogens with one attached hydrogen (secondary N) is 1. The maximum absolute atomic E-state index is 12.0. The lowest BCUT2D eigenvalue weighted by Crippen LogP contribution is -2.46. The molecular formula is C13H26N2O. The lowest BCUT2D eigenvalue weighted by molar-refractivity contribution is 0.192. The van der Waals surface area contributed by atoms with Crippen LogP contribution in [0.3, 0.4) is 0 Å². The largest absolute Gasteiger partial charge is 0.335 e. The molecule has 0 spiro atoms. The van der Waals surface area contributed by atoms with Crippen LogP contribution in [0.2, 0.25) is 0 Å².